The van der Waals surface area contributed by atoms with Gasteiger partial charge in [-0.1, -0.05) is 57.2 Å². The minimum Gasteiger partial charge on any atom is -0.490 e. The number of ether oxygens (including phenoxy) is 2. The van der Waals surface area contributed by atoms with Crippen LogP contribution in [0.3, 0.4) is 0 Å². The monoisotopic (exact) mass is 405 g/mol. The standard InChI is InChI=1S/C24H27N3O3/c1-5-29-20-13-17(11-12-19(20)30-15-16-9-7-6-8-10-16)21-18(14-25)22(24(2,3)4)27-23(28)26-21/h6-13,21H,5,15H2,1-4H3,(H2,26,27,28)/t21-/m1/s1. The summed E-state index contributed by atoms with van der Waals surface area (Å²) < 4.78 is 11.8. The SMILES string of the molecule is CCOc1cc([C@H]2NC(=O)NC(C(C)(C)C)=C2C#N)ccc1OCc1ccccc1. The van der Waals surface area contributed by atoms with Gasteiger partial charge in [0.05, 0.1) is 24.3 Å². The zero-order valence-electron chi connectivity index (χ0n) is 17.8. The van der Waals surface area contributed by atoms with Crippen LogP contribution in [0.15, 0.2) is 59.8 Å². The molecule has 1 aliphatic heterocycles. The van der Waals surface area contributed by atoms with Crippen LogP contribution in [0, 0.1) is 16.7 Å². The molecule has 6 heteroatoms. The van der Waals surface area contributed by atoms with E-state index in [-0.39, 0.29) is 11.4 Å². The van der Waals surface area contributed by atoms with Gasteiger partial charge < -0.3 is 20.1 Å². The minimum atomic E-state index is -0.555. The second kappa shape index (κ2) is 8.91. The van der Waals surface area contributed by atoms with Crippen LogP contribution < -0.4 is 20.1 Å². The van der Waals surface area contributed by atoms with Crippen molar-refractivity contribution < 1.29 is 14.3 Å². The van der Waals surface area contributed by atoms with Gasteiger partial charge in [0.15, 0.2) is 11.5 Å². The van der Waals surface area contributed by atoms with Crippen LogP contribution in [0.2, 0.25) is 0 Å². The molecule has 1 aliphatic rings. The van der Waals surface area contributed by atoms with Crippen molar-refractivity contribution in [2.24, 2.45) is 5.41 Å². The smallest absolute Gasteiger partial charge is 0.319 e. The lowest BCUT2D eigenvalue weighted by atomic mass is 9.84. The topological polar surface area (TPSA) is 83.4 Å². The molecule has 1 heterocycles. The van der Waals surface area contributed by atoms with Crippen molar-refractivity contribution in [3.63, 3.8) is 0 Å². The molecule has 0 unspecified atom stereocenters. The third kappa shape index (κ3) is 4.74. The second-order valence-electron chi connectivity index (χ2n) is 8.10. The maximum atomic E-state index is 12.3. The number of urea groups is 1. The van der Waals surface area contributed by atoms with E-state index in [0.717, 1.165) is 11.1 Å². The molecule has 2 N–H and O–H groups in total. The number of carbonyl (C=O) groups excluding carboxylic acids is 1. The molecule has 30 heavy (non-hydrogen) atoms. The molecule has 0 aliphatic carbocycles. The van der Waals surface area contributed by atoms with Gasteiger partial charge in [0.25, 0.3) is 0 Å². The fourth-order valence-corrected chi connectivity index (χ4v) is 3.35. The van der Waals surface area contributed by atoms with Crippen molar-refractivity contribution in [2.45, 2.75) is 40.3 Å². The highest BCUT2D eigenvalue weighted by atomic mass is 16.5. The molecule has 6 nitrogen and oxygen atoms in total. The van der Waals surface area contributed by atoms with Gasteiger partial charge in [0.2, 0.25) is 0 Å². The number of benzene rings is 2. The number of nitrogens with one attached hydrogen (secondary N) is 2. The highest BCUT2D eigenvalue weighted by Gasteiger charge is 2.34. The molecule has 0 saturated carbocycles. The first-order valence-electron chi connectivity index (χ1n) is 9.99. The lowest BCUT2D eigenvalue weighted by Gasteiger charge is -2.33. The quantitative estimate of drug-likeness (QED) is 0.720. The first kappa shape index (κ1) is 21.3. The molecule has 0 saturated heterocycles. The number of hydrogen-bond donors (Lipinski definition) is 2. The molecular formula is C24H27N3O3. The van der Waals surface area contributed by atoms with E-state index in [1.807, 2.05) is 76.2 Å². The number of rotatable bonds is 6. The molecule has 2 aromatic carbocycles. The van der Waals surface area contributed by atoms with Gasteiger partial charge in [-0.25, -0.2) is 4.79 Å². The van der Waals surface area contributed by atoms with Crippen molar-refractivity contribution in [1.29, 1.82) is 5.26 Å². The highest BCUT2D eigenvalue weighted by molar-refractivity contribution is 5.80. The maximum absolute atomic E-state index is 12.3. The zero-order chi connectivity index (χ0) is 21.7. The van der Waals surface area contributed by atoms with E-state index in [1.54, 1.807) is 0 Å². The number of nitrogens with zero attached hydrogens (tertiary/aromatic N) is 1. The minimum absolute atomic E-state index is 0.328. The summed E-state index contributed by atoms with van der Waals surface area (Å²) in [6, 6.07) is 16.8. The van der Waals surface area contributed by atoms with Crippen molar-refractivity contribution in [3.05, 3.63) is 70.9 Å². The molecule has 0 radical (unpaired) electrons. The van der Waals surface area contributed by atoms with E-state index < -0.39 is 6.04 Å². The molecule has 2 amide bonds. The Morgan fingerprint density at radius 3 is 2.43 bits per heavy atom. The summed E-state index contributed by atoms with van der Waals surface area (Å²) in [7, 11) is 0. The van der Waals surface area contributed by atoms with Gasteiger partial charge in [-0.3, -0.25) is 0 Å². The summed E-state index contributed by atoms with van der Waals surface area (Å²) in [6.07, 6.45) is 0. The Labute approximate surface area is 177 Å². The Bertz CT molecular complexity index is 985. The van der Waals surface area contributed by atoms with E-state index in [1.165, 1.54) is 0 Å². The predicted molar refractivity (Wildman–Crippen MR) is 115 cm³/mol. The van der Waals surface area contributed by atoms with E-state index in [9.17, 15) is 10.1 Å². The maximum Gasteiger partial charge on any atom is 0.319 e. The Balaban J connectivity index is 1.94. The number of amides is 2. The van der Waals surface area contributed by atoms with Crippen molar-refractivity contribution in [2.75, 3.05) is 6.61 Å². The molecule has 156 valence electrons. The lowest BCUT2D eigenvalue weighted by molar-refractivity contribution is 0.235. The second-order valence-corrected chi connectivity index (χ2v) is 8.10. The summed E-state index contributed by atoms with van der Waals surface area (Å²) in [5.74, 6) is 1.19. The third-order valence-electron chi connectivity index (χ3n) is 4.78. The molecule has 0 aromatic heterocycles. The average molecular weight is 405 g/mol. The Morgan fingerprint density at radius 2 is 1.80 bits per heavy atom. The van der Waals surface area contributed by atoms with Crippen LogP contribution in [0.4, 0.5) is 4.79 Å². The van der Waals surface area contributed by atoms with Crippen LogP contribution in [0.1, 0.15) is 44.9 Å². The molecular weight excluding hydrogens is 378 g/mol. The molecule has 0 spiro atoms. The van der Waals surface area contributed by atoms with Crippen LogP contribution in [0.5, 0.6) is 11.5 Å². The van der Waals surface area contributed by atoms with Gasteiger partial charge in [-0.05, 0) is 30.2 Å². The van der Waals surface area contributed by atoms with Gasteiger partial charge >= 0.3 is 6.03 Å². The normalized spacial score (nSPS) is 16.4. The van der Waals surface area contributed by atoms with E-state index in [2.05, 4.69) is 16.7 Å². The summed E-state index contributed by atoms with van der Waals surface area (Å²) in [6.45, 7) is 8.69. The fraction of sp³-hybridized carbons (Fsp3) is 0.333. The van der Waals surface area contributed by atoms with Gasteiger partial charge in [-0.15, -0.1) is 0 Å². The number of carbonyl (C=O) groups is 1. The van der Waals surface area contributed by atoms with Crippen LogP contribution >= 0.6 is 0 Å². The summed E-state index contributed by atoms with van der Waals surface area (Å²) in [5.41, 5.74) is 2.56. The van der Waals surface area contributed by atoms with Crippen molar-refractivity contribution in [3.8, 4) is 17.6 Å². The molecule has 1 atom stereocenters. The first-order valence-corrected chi connectivity index (χ1v) is 9.99. The van der Waals surface area contributed by atoms with Crippen LogP contribution in [-0.2, 0) is 6.61 Å². The number of nitriles is 1. The lowest BCUT2D eigenvalue weighted by Crippen LogP contribution is -2.46. The molecule has 3 rings (SSSR count). The van der Waals surface area contributed by atoms with Gasteiger partial charge in [0, 0.05) is 11.1 Å². The Kier molecular flexibility index (Phi) is 6.31. The molecule has 0 bridgehead atoms. The van der Waals surface area contributed by atoms with E-state index in [0.29, 0.717) is 36.0 Å². The Hall–Kier alpha value is -3.46. The predicted octanol–water partition coefficient (Wildman–Crippen LogP) is 4.84. The Morgan fingerprint density at radius 1 is 1.07 bits per heavy atom. The summed E-state index contributed by atoms with van der Waals surface area (Å²) in [4.78, 5) is 12.3. The molecule has 2 aromatic rings. The summed E-state index contributed by atoms with van der Waals surface area (Å²) in [5, 5.41) is 15.5. The molecule has 0 fully saturated rings. The number of hydrogen-bond acceptors (Lipinski definition) is 4. The van der Waals surface area contributed by atoms with Crippen LogP contribution in [-0.4, -0.2) is 12.6 Å². The van der Waals surface area contributed by atoms with Crippen molar-refractivity contribution >= 4 is 6.03 Å². The highest BCUT2D eigenvalue weighted by Crippen LogP contribution is 2.37. The summed E-state index contributed by atoms with van der Waals surface area (Å²) >= 11 is 0. The third-order valence-corrected chi connectivity index (χ3v) is 4.78. The van der Waals surface area contributed by atoms with Crippen LogP contribution in [0.25, 0.3) is 0 Å². The van der Waals surface area contributed by atoms with Crippen molar-refractivity contribution in [1.82, 2.24) is 10.6 Å². The first-order chi connectivity index (χ1) is 14.3. The fourth-order valence-electron chi connectivity index (χ4n) is 3.35. The number of allylic oxidation sites excluding steroid dienone is 1. The zero-order valence-corrected chi connectivity index (χ0v) is 17.8. The van der Waals surface area contributed by atoms with Gasteiger partial charge in [-0.2, -0.15) is 5.26 Å². The average Bonchev–Trinajstić information content (AvgIpc) is 2.72. The van der Waals surface area contributed by atoms with Gasteiger partial charge in [0.1, 0.15) is 6.61 Å². The van der Waals surface area contributed by atoms with E-state index in [4.69, 9.17) is 9.47 Å². The largest absolute Gasteiger partial charge is 0.490 e. The van der Waals surface area contributed by atoms with E-state index >= 15 is 0 Å².